The van der Waals surface area contributed by atoms with Crippen molar-refractivity contribution in [2.75, 3.05) is 25.1 Å². The zero-order valence-electron chi connectivity index (χ0n) is 18.8. The summed E-state index contributed by atoms with van der Waals surface area (Å²) in [4.78, 5) is 24.8. The molecule has 7 nitrogen and oxygen atoms in total. The first-order valence-electron chi connectivity index (χ1n) is 10.7. The number of nitrogens with one attached hydrogen (secondary N) is 2. The molecular weight excluding hydrogens is 508 g/mol. The topological polar surface area (TPSA) is 85.9 Å². The van der Waals surface area contributed by atoms with Gasteiger partial charge in [0.2, 0.25) is 0 Å². The van der Waals surface area contributed by atoms with Crippen LogP contribution in [0.25, 0.3) is 6.08 Å². The highest BCUT2D eigenvalue weighted by atomic mass is 79.9. The second-order valence-corrected chi connectivity index (χ2v) is 9.03. The van der Waals surface area contributed by atoms with Crippen molar-refractivity contribution in [3.05, 3.63) is 56.9 Å². The van der Waals surface area contributed by atoms with Gasteiger partial charge in [-0.3, -0.25) is 4.79 Å². The first-order chi connectivity index (χ1) is 15.9. The predicted molar refractivity (Wildman–Crippen MR) is 134 cm³/mol. The number of esters is 1. The van der Waals surface area contributed by atoms with E-state index in [0.717, 1.165) is 17.7 Å². The molecule has 0 aliphatic carbocycles. The number of halogens is 1. The van der Waals surface area contributed by atoms with E-state index in [2.05, 4.69) is 45.6 Å². The lowest BCUT2D eigenvalue weighted by atomic mass is 10.1. The molecule has 33 heavy (non-hydrogen) atoms. The van der Waals surface area contributed by atoms with Gasteiger partial charge in [0.15, 0.2) is 23.6 Å². The number of hydrogen-bond acceptors (Lipinski definition) is 7. The zero-order chi connectivity index (χ0) is 23.8. The SMILES string of the molecule is CCOC(=O)COc1c(Br)cc(/C=C2\S[C@H](Nc3ccc(CC)cc3)NC2=O)cc1OCC. The number of carbonyl (C=O) groups is 2. The number of hydrogen-bond donors (Lipinski definition) is 2. The molecule has 2 N–H and O–H groups in total. The Kier molecular flexibility index (Phi) is 9.08. The van der Waals surface area contributed by atoms with Crippen LogP contribution in [0.15, 0.2) is 45.8 Å². The van der Waals surface area contributed by atoms with Gasteiger partial charge >= 0.3 is 5.97 Å². The molecule has 0 aromatic heterocycles. The van der Waals surface area contributed by atoms with Gasteiger partial charge in [0.05, 0.1) is 22.6 Å². The fourth-order valence-electron chi connectivity index (χ4n) is 3.11. The standard InChI is InChI=1S/C24H27BrN2O5S/c1-4-15-7-9-17(10-8-15)26-24-27-23(29)20(33-24)13-16-11-18(25)22(19(12-16)30-5-2)32-14-21(28)31-6-3/h7-13,24,26H,4-6,14H2,1-3H3,(H,27,29)/b20-13-/t24-/m1/s1. The minimum absolute atomic E-state index is 0.153. The van der Waals surface area contributed by atoms with E-state index in [-0.39, 0.29) is 24.6 Å². The number of thioether (sulfide) groups is 1. The van der Waals surface area contributed by atoms with Crippen LogP contribution in [0, 0.1) is 0 Å². The maximum atomic E-state index is 12.5. The van der Waals surface area contributed by atoms with E-state index in [9.17, 15) is 9.59 Å². The second kappa shape index (κ2) is 12.0. The van der Waals surface area contributed by atoms with E-state index in [4.69, 9.17) is 14.2 Å². The Morgan fingerprint density at radius 2 is 1.91 bits per heavy atom. The van der Waals surface area contributed by atoms with Crippen LogP contribution in [0.5, 0.6) is 11.5 Å². The third-order valence-corrected chi connectivity index (χ3v) is 6.28. The van der Waals surface area contributed by atoms with Crippen LogP contribution in [0.3, 0.4) is 0 Å². The van der Waals surface area contributed by atoms with Crippen LogP contribution >= 0.6 is 27.7 Å². The Morgan fingerprint density at radius 1 is 1.15 bits per heavy atom. The average molecular weight is 535 g/mol. The molecule has 1 atom stereocenters. The van der Waals surface area contributed by atoms with E-state index in [0.29, 0.717) is 27.5 Å². The monoisotopic (exact) mass is 534 g/mol. The summed E-state index contributed by atoms with van der Waals surface area (Å²) in [5, 5.41) is 6.26. The highest BCUT2D eigenvalue weighted by Crippen LogP contribution is 2.39. The van der Waals surface area contributed by atoms with Gasteiger partial charge in [0.1, 0.15) is 0 Å². The molecule has 9 heteroatoms. The van der Waals surface area contributed by atoms with Crippen LogP contribution in [0.4, 0.5) is 5.69 Å². The third-order valence-electron chi connectivity index (χ3n) is 4.66. The molecule has 0 saturated carbocycles. The lowest BCUT2D eigenvalue weighted by molar-refractivity contribution is -0.145. The second-order valence-electron chi connectivity index (χ2n) is 7.03. The summed E-state index contributed by atoms with van der Waals surface area (Å²) < 4.78 is 16.8. The summed E-state index contributed by atoms with van der Waals surface area (Å²) in [5.74, 6) is 0.266. The van der Waals surface area contributed by atoms with Crippen LogP contribution < -0.4 is 20.1 Å². The number of benzene rings is 2. The van der Waals surface area contributed by atoms with Crippen LogP contribution in [0.1, 0.15) is 31.9 Å². The average Bonchev–Trinajstić information content (AvgIpc) is 3.12. The molecule has 1 heterocycles. The summed E-state index contributed by atoms with van der Waals surface area (Å²) in [7, 11) is 0. The molecule has 2 aromatic rings. The number of aryl methyl sites for hydroxylation is 1. The summed E-state index contributed by atoms with van der Waals surface area (Å²) in [5.41, 5.74) is 2.70. The zero-order valence-corrected chi connectivity index (χ0v) is 21.2. The number of ether oxygens (including phenoxy) is 3. The molecule has 2 aromatic carbocycles. The maximum absolute atomic E-state index is 12.5. The first-order valence-corrected chi connectivity index (χ1v) is 12.4. The van der Waals surface area contributed by atoms with E-state index in [1.54, 1.807) is 19.1 Å². The first kappa shape index (κ1) is 25.0. The molecule has 0 bridgehead atoms. The molecule has 1 fully saturated rings. The van der Waals surface area contributed by atoms with Crippen molar-refractivity contribution < 1.29 is 23.8 Å². The quantitative estimate of drug-likeness (QED) is 0.329. The number of amides is 1. The Hall–Kier alpha value is -2.65. The third kappa shape index (κ3) is 6.91. The van der Waals surface area contributed by atoms with E-state index in [1.165, 1.54) is 17.3 Å². The molecule has 1 saturated heterocycles. The van der Waals surface area contributed by atoms with Crippen LogP contribution in [-0.2, 0) is 20.7 Å². The van der Waals surface area contributed by atoms with Crippen molar-refractivity contribution in [1.82, 2.24) is 5.32 Å². The van der Waals surface area contributed by atoms with Gasteiger partial charge in [-0.05, 0) is 77.7 Å². The molecule has 0 unspecified atom stereocenters. The van der Waals surface area contributed by atoms with E-state index in [1.807, 2.05) is 25.1 Å². The number of rotatable bonds is 10. The Labute approximate surface area is 206 Å². The summed E-state index contributed by atoms with van der Waals surface area (Å²) in [6.07, 6.45) is 2.78. The van der Waals surface area contributed by atoms with Gasteiger partial charge in [-0.2, -0.15) is 0 Å². The molecule has 176 valence electrons. The van der Waals surface area contributed by atoms with Gasteiger partial charge in [-0.15, -0.1) is 0 Å². The Morgan fingerprint density at radius 3 is 2.58 bits per heavy atom. The maximum Gasteiger partial charge on any atom is 0.344 e. The Bertz CT molecular complexity index is 1030. The molecule has 1 amide bonds. The smallest absolute Gasteiger partial charge is 0.344 e. The largest absolute Gasteiger partial charge is 0.490 e. The van der Waals surface area contributed by atoms with Crippen molar-refractivity contribution in [3.8, 4) is 11.5 Å². The van der Waals surface area contributed by atoms with Crippen molar-refractivity contribution in [3.63, 3.8) is 0 Å². The minimum atomic E-state index is -0.458. The predicted octanol–water partition coefficient (Wildman–Crippen LogP) is 4.95. The summed E-state index contributed by atoms with van der Waals surface area (Å²) >= 11 is 4.89. The van der Waals surface area contributed by atoms with Crippen LogP contribution in [0.2, 0.25) is 0 Å². The van der Waals surface area contributed by atoms with Crippen molar-refractivity contribution in [2.45, 2.75) is 32.7 Å². The van der Waals surface area contributed by atoms with Crippen molar-refractivity contribution in [1.29, 1.82) is 0 Å². The summed E-state index contributed by atoms with van der Waals surface area (Å²) in [6.45, 7) is 6.19. The van der Waals surface area contributed by atoms with Crippen LogP contribution in [-0.4, -0.2) is 37.2 Å². The van der Waals surface area contributed by atoms with E-state index >= 15 is 0 Å². The summed E-state index contributed by atoms with van der Waals surface area (Å²) in [6, 6.07) is 11.7. The van der Waals surface area contributed by atoms with Crippen molar-refractivity contribution in [2.24, 2.45) is 0 Å². The lowest BCUT2D eigenvalue weighted by Crippen LogP contribution is -2.30. The number of anilines is 1. The van der Waals surface area contributed by atoms with Gasteiger partial charge in [-0.25, -0.2) is 4.79 Å². The number of carbonyl (C=O) groups excluding carboxylic acids is 2. The van der Waals surface area contributed by atoms with Gasteiger partial charge in [0, 0.05) is 5.69 Å². The van der Waals surface area contributed by atoms with Gasteiger partial charge in [0.25, 0.3) is 5.91 Å². The highest BCUT2D eigenvalue weighted by Gasteiger charge is 2.27. The van der Waals surface area contributed by atoms with E-state index < -0.39 is 5.97 Å². The van der Waals surface area contributed by atoms with Crippen molar-refractivity contribution >= 4 is 51.3 Å². The molecule has 0 spiro atoms. The lowest BCUT2D eigenvalue weighted by Gasteiger charge is -2.14. The fourth-order valence-corrected chi connectivity index (χ4v) is 4.67. The molecule has 3 rings (SSSR count). The molecule has 1 aliphatic heterocycles. The van der Waals surface area contributed by atoms with Gasteiger partial charge in [-0.1, -0.05) is 30.8 Å². The molecule has 1 aliphatic rings. The highest BCUT2D eigenvalue weighted by molar-refractivity contribution is 9.10. The Balaban J connectivity index is 1.74. The normalized spacial score (nSPS) is 16.4. The minimum Gasteiger partial charge on any atom is -0.490 e. The fraction of sp³-hybridized carbons (Fsp3) is 0.333. The van der Waals surface area contributed by atoms with Gasteiger partial charge < -0.3 is 24.8 Å². The molecular formula is C24H27BrN2O5S. The molecule has 0 radical (unpaired) electrons.